The molecule has 4 rings (SSSR count). The van der Waals surface area contributed by atoms with Crippen LogP contribution >= 0.6 is 11.6 Å². The number of primary amides is 1. The summed E-state index contributed by atoms with van der Waals surface area (Å²) in [6.45, 7) is 3.19. The Morgan fingerprint density at radius 3 is 2.31 bits per heavy atom. The Balaban J connectivity index is 1.64. The third kappa shape index (κ3) is 5.45. The minimum atomic E-state index is -1.04. The van der Waals surface area contributed by atoms with Gasteiger partial charge >= 0.3 is 6.03 Å². The number of amides is 4. The molecule has 1 heterocycles. The van der Waals surface area contributed by atoms with Crippen LogP contribution in [0.3, 0.4) is 0 Å². The van der Waals surface area contributed by atoms with Crippen molar-refractivity contribution in [1.82, 2.24) is 4.90 Å². The third-order valence-electron chi connectivity index (χ3n) is 5.77. The first kappa shape index (κ1) is 24.3. The van der Waals surface area contributed by atoms with Gasteiger partial charge < -0.3 is 20.7 Å². The van der Waals surface area contributed by atoms with Crippen LogP contribution in [0.5, 0.6) is 0 Å². The van der Waals surface area contributed by atoms with Gasteiger partial charge in [-0.1, -0.05) is 35.9 Å². The molecule has 0 aliphatic carbocycles. The van der Waals surface area contributed by atoms with Crippen LogP contribution in [0.1, 0.15) is 27.5 Å². The highest BCUT2D eigenvalue weighted by atomic mass is 35.5. The minimum Gasteiger partial charge on any atom is -0.359 e. The number of carbonyl (C=O) groups excluding carboxylic acids is 3. The van der Waals surface area contributed by atoms with E-state index in [1.54, 1.807) is 65.6 Å². The smallest absolute Gasteiger partial charge is 0.320 e. The van der Waals surface area contributed by atoms with Crippen molar-refractivity contribution < 1.29 is 19.1 Å². The first-order chi connectivity index (χ1) is 16.8. The van der Waals surface area contributed by atoms with Crippen molar-refractivity contribution in [2.75, 3.05) is 30.1 Å². The highest BCUT2D eigenvalue weighted by Gasteiger charge is 2.33. The zero-order valence-electron chi connectivity index (χ0n) is 19.1. The molecular weight excluding hydrogens is 468 g/mol. The van der Waals surface area contributed by atoms with Crippen LogP contribution in [0.4, 0.5) is 16.2 Å². The number of nitrogens with one attached hydrogen (secondary N) is 1. The fraction of sp³-hybridized carbons (Fsp3) is 0.192. The van der Waals surface area contributed by atoms with Gasteiger partial charge in [-0.15, -0.1) is 0 Å². The van der Waals surface area contributed by atoms with E-state index in [2.05, 4.69) is 5.32 Å². The van der Waals surface area contributed by atoms with E-state index in [0.29, 0.717) is 40.7 Å². The van der Waals surface area contributed by atoms with E-state index in [4.69, 9.17) is 22.1 Å². The molecule has 1 aliphatic heterocycles. The maximum absolute atomic E-state index is 13.6. The lowest BCUT2D eigenvalue weighted by Crippen LogP contribution is -2.44. The van der Waals surface area contributed by atoms with Gasteiger partial charge in [0.25, 0.3) is 11.8 Å². The Kier molecular flexibility index (Phi) is 7.33. The summed E-state index contributed by atoms with van der Waals surface area (Å²) in [4.78, 5) is 41.6. The van der Waals surface area contributed by atoms with Crippen LogP contribution in [0.2, 0.25) is 5.02 Å². The number of rotatable bonds is 6. The van der Waals surface area contributed by atoms with Crippen molar-refractivity contribution >= 4 is 40.8 Å². The van der Waals surface area contributed by atoms with Crippen molar-refractivity contribution in [3.63, 3.8) is 0 Å². The fourth-order valence-electron chi connectivity index (χ4n) is 3.96. The highest BCUT2D eigenvalue weighted by Crippen LogP contribution is 2.31. The summed E-state index contributed by atoms with van der Waals surface area (Å²) in [5.74, 6) is -0.596. The van der Waals surface area contributed by atoms with Crippen molar-refractivity contribution in [2.45, 2.75) is 13.0 Å². The molecule has 3 aromatic rings. The van der Waals surface area contributed by atoms with Gasteiger partial charge in [-0.25, -0.2) is 4.79 Å². The lowest BCUT2D eigenvalue weighted by molar-refractivity contribution is -0.117. The average molecular weight is 493 g/mol. The van der Waals surface area contributed by atoms with Gasteiger partial charge in [-0.3, -0.25) is 14.5 Å². The number of hydrogen-bond acceptors (Lipinski definition) is 4. The number of anilines is 2. The van der Waals surface area contributed by atoms with Gasteiger partial charge in [-0.05, 0) is 66.6 Å². The zero-order valence-corrected chi connectivity index (χ0v) is 19.9. The normalized spacial score (nSPS) is 13.8. The van der Waals surface area contributed by atoms with Crippen molar-refractivity contribution in [1.29, 1.82) is 0 Å². The molecule has 9 heteroatoms. The number of aryl methyl sites for hydroxylation is 1. The predicted octanol–water partition coefficient (Wildman–Crippen LogP) is 4.34. The molecule has 8 nitrogen and oxygen atoms in total. The van der Waals surface area contributed by atoms with Gasteiger partial charge in [0.15, 0.2) is 0 Å². The molecule has 3 aromatic carbocycles. The summed E-state index contributed by atoms with van der Waals surface area (Å²) >= 11 is 6.02. The first-order valence-electron chi connectivity index (χ1n) is 11.0. The number of carbonyl (C=O) groups is 3. The third-order valence-corrected chi connectivity index (χ3v) is 6.02. The summed E-state index contributed by atoms with van der Waals surface area (Å²) in [6.07, 6.45) is 0. The monoisotopic (exact) mass is 492 g/mol. The number of halogens is 1. The molecule has 0 spiro atoms. The van der Waals surface area contributed by atoms with Crippen LogP contribution in [0, 0.1) is 6.92 Å². The molecule has 0 bridgehead atoms. The van der Waals surface area contributed by atoms with Crippen LogP contribution in [0.25, 0.3) is 0 Å². The predicted molar refractivity (Wildman–Crippen MR) is 134 cm³/mol. The first-order valence-corrected chi connectivity index (χ1v) is 11.4. The molecule has 1 fully saturated rings. The number of nitrogens with two attached hydrogens (primary N) is 1. The van der Waals surface area contributed by atoms with Crippen LogP contribution < -0.4 is 16.0 Å². The summed E-state index contributed by atoms with van der Waals surface area (Å²) in [5.41, 5.74) is 8.60. The number of urea groups is 1. The van der Waals surface area contributed by atoms with Crippen LogP contribution in [-0.2, 0) is 9.53 Å². The maximum Gasteiger partial charge on any atom is 0.320 e. The molecule has 1 saturated heterocycles. The standard InChI is InChI=1S/C26H25ClN4O4/c1-17-4-2-3-5-22(17)23(31(26(28)34)21-12-8-19(27)9-13-21)24(32)29-20-10-6-18(7-11-20)25(33)30-14-15-35-16-30/h2-13,23H,14-16H2,1H3,(H2,28,34)(H,29,32). The van der Waals surface area contributed by atoms with E-state index < -0.39 is 18.0 Å². The summed E-state index contributed by atoms with van der Waals surface area (Å²) in [7, 11) is 0. The molecule has 1 unspecified atom stereocenters. The van der Waals surface area contributed by atoms with Crippen molar-refractivity contribution in [3.05, 3.63) is 94.5 Å². The topological polar surface area (TPSA) is 105 Å². The largest absolute Gasteiger partial charge is 0.359 e. The van der Waals surface area contributed by atoms with E-state index in [-0.39, 0.29) is 12.6 Å². The Morgan fingerprint density at radius 1 is 1.03 bits per heavy atom. The second-order valence-electron chi connectivity index (χ2n) is 8.12. The average Bonchev–Trinajstić information content (AvgIpc) is 3.39. The Hall–Kier alpha value is -3.88. The number of ether oxygens (including phenoxy) is 1. The van der Waals surface area contributed by atoms with Crippen LogP contribution in [0.15, 0.2) is 72.8 Å². The lowest BCUT2D eigenvalue weighted by Gasteiger charge is -2.31. The van der Waals surface area contributed by atoms with E-state index in [0.717, 1.165) is 5.56 Å². The van der Waals surface area contributed by atoms with Gasteiger partial charge in [0.1, 0.15) is 12.8 Å². The SMILES string of the molecule is Cc1ccccc1C(C(=O)Nc1ccc(C(=O)N2CCOC2)cc1)N(C(N)=O)c1ccc(Cl)cc1. The molecule has 0 saturated carbocycles. The van der Waals surface area contributed by atoms with E-state index in [9.17, 15) is 14.4 Å². The van der Waals surface area contributed by atoms with Crippen LogP contribution in [-0.4, -0.2) is 42.6 Å². The second kappa shape index (κ2) is 10.6. The molecule has 1 atom stereocenters. The fourth-order valence-corrected chi connectivity index (χ4v) is 4.09. The molecular formula is C26H25ClN4O4. The number of hydrogen-bond donors (Lipinski definition) is 2. The summed E-state index contributed by atoms with van der Waals surface area (Å²) < 4.78 is 5.24. The number of nitrogens with zero attached hydrogens (tertiary/aromatic N) is 2. The minimum absolute atomic E-state index is 0.138. The van der Waals surface area contributed by atoms with E-state index in [1.165, 1.54) is 4.90 Å². The van der Waals surface area contributed by atoms with Crippen molar-refractivity contribution in [3.8, 4) is 0 Å². The van der Waals surface area contributed by atoms with Gasteiger partial charge in [0, 0.05) is 28.5 Å². The zero-order chi connectivity index (χ0) is 24.9. The molecule has 0 radical (unpaired) electrons. The molecule has 4 amide bonds. The summed E-state index contributed by atoms with van der Waals surface area (Å²) in [6, 6.07) is 18.6. The maximum atomic E-state index is 13.6. The second-order valence-corrected chi connectivity index (χ2v) is 8.55. The quantitative estimate of drug-likeness (QED) is 0.533. The van der Waals surface area contributed by atoms with Gasteiger partial charge in [0.2, 0.25) is 0 Å². The molecule has 35 heavy (non-hydrogen) atoms. The van der Waals surface area contributed by atoms with Gasteiger partial charge in [-0.2, -0.15) is 0 Å². The molecule has 0 aromatic heterocycles. The Labute approximate surface area is 208 Å². The molecule has 180 valence electrons. The van der Waals surface area contributed by atoms with Gasteiger partial charge in [0.05, 0.1) is 6.61 Å². The van der Waals surface area contributed by atoms with E-state index >= 15 is 0 Å². The Bertz CT molecular complexity index is 1220. The highest BCUT2D eigenvalue weighted by molar-refractivity contribution is 6.30. The molecule has 3 N–H and O–H groups in total. The lowest BCUT2D eigenvalue weighted by atomic mass is 9.98. The summed E-state index contributed by atoms with van der Waals surface area (Å²) in [5, 5.41) is 3.35. The number of benzene rings is 3. The van der Waals surface area contributed by atoms with Crippen molar-refractivity contribution in [2.24, 2.45) is 5.73 Å². The van der Waals surface area contributed by atoms with E-state index in [1.807, 2.05) is 19.1 Å². The Morgan fingerprint density at radius 2 is 1.71 bits per heavy atom. The molecule has 1 aliphatic rings.